The van der Waals surface area contributed by atoms with Crippen LogP contribution >= 0.6 is 11.3 Å². The zero-order valence-electron chi connectivity index (χ0n) is 18.6. The lowest BCUT2D eigenvalue weighted by molar-refractivity contribution is -0.116. The van der Waals surface area contributed by atoms with E-state index in [1.54, 1.807) is 18.7 Å². The Bertz CT molecular complexity index is 681. The maximum atomic E-state index is 12.8. The molecule has 7 heteroatoms. The molecule has 1 aromatic heterocycles. The highest BCUT2D eigenvalue weighted by Crippen LogP contribution is 2.34. The van der Waals surface area contributed by atoms with Crippen molar-refractivity contribution in [1.82, 2.24) is 4.90 Å². The number of anilines is 1. The average Bonchev–Trinajstić information content (AvgIpc) is 3.01. The average molecular weight is 425 g/mol. The van der Waals surface area contributed by atoms with Crippen molar-refractivity contribution in [1.29, 1.82) is 0 Å². The molecule has 0 aliphatic rings. The Morgan fingerprint density at radius 3 is 2.17 bits per heavy atom. The van der Waals surface area contributed by atoms with E-state index in [0.717, 1.165) is 30.6 Å². The van der Waals surface area contributed by atoms with Gasteiger partial charge in [0.05, 0.1) is 17.0 Å². The van der Waals surface area contributed by atoms with Crippen molar-refractivity contribution in [3.8, 4) is 0 Å². The Labute approximate surface area is 179 Å². The molecule has 0 aromatic carbocycles. The molecule has 0 saturated carbocycles. The molecule has 0 bridgehead atoms. The highest BCUT2D eigenvalue weighted by atomic mass is 32.1. The highest BCUT2D eigenvalue weighted by molar-refractivity contribution is 7.18. The number of amides is 2. The van der Waals surface area contributed by atoms with E-state index in [4.69, 9.17) is 4.74 Å². The van der Waals surface area contributed by atoms with Crippen LogP contribution in [0.5, 0.6) is 0 Å². The summed E-state index contributed by atoms with van der Waals surface area (Å²) in [5.41, 5.74) is 0.865. The fourth-order valence-corrected chi connectivity index (χ4v) is 4.34. The minimum absolute atomic E-state index is 0.125. The third kappa shape index (κ3) is 7.46. The normalized spacial score (nSPS) is 10.7. The molecule has 0 atom stereocenters. The first-order valence-corrected chi connectivity index (χ1v) is 11.6. The van der Waals surface area contributed by atoms with Gasteiger partial charge in [-0.1, -0.05) is 39.0 Å². The number of nitrogens with one attached hydrogen (secondary N) is 1. The Morgan fingerprint density at radius 2 is 1.59 bits per heavy atom. The minimum atomic E-state index is -0.505. The lowest BCUT2D eigenvalue weighted by Gasteiger charge is -2.18. The van der Waals surface area contributed by atoms with Gasteiger partial charge in [0.15, 0.2) is 0 Å². The lowest BCUT2D eigenvalue weighted by atomic mass is 10.1. The van der Waals surface area contributed by atoms with Crippen molar-refractivity contribution in [2.45, 2.75) is 79.6 Å². The molecule has 6 nitrogen and oxygen atoms in total. The maximum absolute atomic E-state index is 12.8. The lowest BCUT2D eigenvalue weighted by Crippen LogP contribution is -2.30. The van der Waals surface area contributed by atoms with E-state index in [9.17, 15) is 14.4 Å². The number of carbonyl (C=O) groups is 3. The molecule has 1 rings (SSSR count). The molecule has 2 amide bonds. The first kappa shape index (κ1) is 25.1. The van der Waals surface area contributed by atoms with Crippen LogP contribution in [0.3, 0.4) is 0 Å². The van der Waals surface area contributed by atoms with Crippen LogP contribution in [-0.2, 0) is 9.53 Å². The number of carbonyl (C=O) groups excluding carboxylic acids is 3. The molecule has 0 unspecified atom stereocenters. The van der Waals surface area contributed by atoms with Crippen molar-refractivity contribution in [2.24, 2.45) is 0 Å². The van der Waals surface area contributed by atoms with Gasteiger partial charge in [-0.2, -0.15) is 0 Å². The van der Waals surface area contributed by atoms with Gasteiger partial charge in [0.1, 0.15) is 5.00 Å². The number of esters is 1. The summed E-state index contributed by atoms with van der Waals surface area (Å²) in [7, 11) is 0. The van der Waals surface area contributed by atoms with Crippen molar-refractivity contribution in [2.75, 3.05) is 25.0 Å². The van der Waals surface area contributed by atoms with Gasteiger partial charge in [0.25, 0.3) is 5.91 Å². The van der Waals surface area contributed by atoms with Gasteiger partial charge in [0, 0.05) is 19.5 Å². The minimum Gasteiger partial charge on any atom is -0.462 e. The van der Waals surface area contributed by atoms with Gasteiger partial charge in [-0.25, -0.2) is 4.79 Å². The van der Waals surface area contributed by atoms with Crippen LogP contribution in [0.15, 0.2) is 0 Å². The fraction of sp³-hybridized carbons (Fsp3) is 0.682. The van der Waals surface area contributed by atoms with Crippen LogP contribution < -0.4 is 5.32 Å². The number of nitrogens with zero attached hydrogens (tertiary/aromatic N) is 1. The van der Waals surface area contributed by atoms with Crippen LogP contribution in [0.4, 0.5) is 5.00 Å². The summed E-state index contributed by atoms with van der Waals surface area (Å²) in [6.45, 7) is 10.9. The van der Waals surface area contributed by atoms with Gasteiger partial charge in [0.2, 0.25) is 5.91 Å². The van der Waals surface area contributed by atoms with Crippen molar-refractivity contribution < 1.29 is 19.1 Å². The largest absolute Gasteiger partial charge is 0.462 e. The van der Waals surface area contributed by atoms with Gasteiger partial charge < -0.3 is 15.0 Å². The number of hydrogen-bond donors (Lipinski definition) is 1. The van der Waals surface area contributed by atoms with Gasteiger partial charge in [-0.15, -0.1) is 11.3 Å². The fourth-order valence-electron chi connectivity index (χ4n) is 3.16. The summed E-state index contributed by atoms with van der Waals surface area (Å²) < 4.78 is 5.16. The van der Waals surface area contributed by atoms with Gasteiger partial charge in [-0.05, 0) is 39.7 Å². The summed E-state index contributed by atoms with van der Waals surface area (Å²) in [6, 6.07) is 0. The second-order valence-corrected chi connectivity index (χ2v) is 8.04. The molecular weight excluding hydrogens is 388 g/mol. The molecule has 0 aliphatic heterocycles. The van der Waals surface area contributed by atoms with Crippen LogP contribution in [0, 0.1) is 6.92 Å². The predicted octanol–water partition coefficient (Wildman–Crippen LogP) is 5.40. The number of hydrogen-bond acceptors (Lipinski definition) is 5. The molecule has 29 heavy (non-hydrogen) atoms. The zero-order valence-corrected chi connectivity index (χ0v) is 19.4. The van der Waals surface area contributed by atoms with Crippen molar-refractivity contribution in [3.63, 3.8) is 0 Å². The second-order valence-electron chi connectivity index (χ2n) is 7.02. The highest BCUT2D eigenvalue weighted by Gasteiger charge is 2.28. The predicted molar refractivity (Wildman–Crippen MR) is 119 cm³/mol. The van der Waals surface area contributed by atoms with Crippen LogP contribution in [0.2, 0.25) is 0 Å². The molecular formula is C22H36N2O4S. The molecule has 1 aromatic rings. The summed E-state index contributed by atoms with van der Waals surface area (Å²) in [5, 5.41) is 3.26. The smallest absolute Gasteiger partial charge is 0.341 e. The maximum Gasteiger partial charge on any atom is 0.341 e. The van der Waals surface area contributed by atoms with Gasteiger partial charge >= 0.3 is 5.97 Å². The number of ether oxygens (including phenoxy) is 1. The Balaban J connectivity index is 2.94. The van der Waals surface area contributed by atoms with E-state index in [2.05, 4.69) is 12.2 Å². The standard InChI is InChI=1S/C22H36N2O4S/c1-6-10-11-12-13-14-15-17(25)23-20-18(22(27)28-9-4)16(5)19(29-20)21(26)24(7-2)8-3/h6-15H2,1-5H3,(H,23,25). The third-order valence-electron chi connectivity index (χ3n) is 4.88. The van der Waals surface area contributed by atoms with Gasteiger partial charge in [-0.3, -0.25) is 9.59 Å². The van der Waals surface area contributed by atoms with Crippen molar-refractivity contribution >= 4 is 34.1 Å². The van der Waals surface area contributed by atoms with Crippen LogP contribution in [0.25, 0.3) is 0 Å². The molecule has 0 aliphatic carbocycles. The van der Waals surface area contributed by atoms with E-state index < -0.39 is 5.97 Å². The number of rotatable bonds is 13. The second kappa shape index (κ2) is 13.4. The Kier molecular flexibility index (Phi) is 11.6. The van der Waals surface area contributed by atoms with E-state index >= 15 is 0 Å². The monoisotopic (exact) mass is 424 g/mol. The van der Waals surface area contributed by atoms with E-state index in [-0.39, 0.29) is 18.4 Å². The first-order chi connectivity index (χ1) is 13.9. The molecule has 0 fully saturated rings. The number of thiophene rings is 1. The third-order valence-corrected chi connectivity index (χ3v) is 6.08. The topological polar surface area (TPSA) is 75.7 Å². The van der Waals surface area contributed by atoms with Crippen LogP contribution in [-0.4, -0.2) is 42.4 Å². The number of unbranched alkanes of at least 4 members (excludes halogenated alkanes) is 5. The molecule has 0 spiro atoms. The van der Waals surface area contributed by atoms with E-state index in [1.807, 2.05) is 13.8 Å². The summed E-state index contributed by atoms with van der Waals surface area (Å²) in [4.78, 5) is 39.9. The molecule has 1 N–H and O–H groups in total. The van der Waals surface area contributed by atoms with Crippen molar-refractivity contribution in [3.05, 3.63) is 16.0 Å². The molecule has 1 heterocycles. The summed E-state index contributed by atoms with van der Waals surface area (Å²) in [5.74, 6) is -0.761. The molecule has 0 saturated heterocycles. The van der Waals surface area contributed by atoms with E-state index in [0.29, 0.717) is 40.5 Å². The Morgan fingerprint density at radius 1 is 0.966 bits per heavy atom. The Hall–Kier alpha value is -1.89. The SMILES string of the molecule is CCCCCCCCC(=O)Nc1sc(C(=O)N(CC)CC)c(C)c1C(=O)OCC. The summed E-state index contributed by atoms with van der Waals surface area (Å²) in [6.07, 6.45) is 7.01. The molecule has 0 radical (unpaired) electrons. The van der Waals surface area contributed by atoms with Crippen LogP contribution in [0.1, 0.15) is 98.2 Å². The van der Waals surface area contributed by atoms with E-state index in [1.165, 1.54) is 19.3 Å². The first-order valence-electron chi connectivity index (χ1n) is 10.8. The molecule has 164 valence electrons. The summed E-state index contributed by atoms with van der Waals surface area (Å²) >= 11 is 1.16. The quantitative estimate of drug-likeness (QED) is 0.339. The zero-order chi connectivity index (χ0) is 21.8.